The quantitative estimate of drug-likeness (QED) is 0.525. The van der Waals surface area contributed by atoms with Gasteiger partial charge in [0, 0.05) is 7.11 Å². The summed E-state index contributed by atoms with van der Waals surface area (Å²) in [6.07, 6.45) is 0. The van der Waals surface area contributed by atoms with Crippen molar-refractivity contribution in [2.45, 2.75) is 41.8 Å². The second-order valence-corrected chi connectivity index (χ2v) is 3.85. The van der Waals surface area contributed by atoms with E-state index in [2.05, 4.69) is 13.1 Å². The van der Waals surface area contributed by atoms with Crippen molar-refractivity contribution in [1.82, 2.24) is 0 Å². The van der Waals surface area contributed by atoms with Crippen molar-refractivity contribution in [3.05, 3.63) is 0 Å². The fraction of sp³-hybridized carbons (Fsp3) is 1.00. The van der Waals surface area contributed by atoms with Crippen LogP contribution in [0.2, 0.25) is 13.1 Å². The first-order valence-electron chi connectivity index (χ1n) is 2.80. The third kappa shape index (κ3) is 65.8. The van der Waals surface area contributed by atoms with Crippen molar-refractivity contribution in [2.75, 3.05) is 7.11 Å². The van der Waals surface area contributed by atoms with E-state index in [1.165, 1.54) is 0 Å². The van der Waals surface area contributed by atoms with Crippen molar-refractivity contribution in [2.24, 2.45) is 0 Å². The summed E-state index contributed by atoms with van der Waals surface area (Å²) in [5.74, 6) is 0. The van der Waals surface area contributed by atoms with E-state index in [0.29, 0.717) is 0 Å². The second-order valence-electron chi connectivity index (χ2n) is 1.28. The molecule has 0 aliphatic heterocycles. The average molecular weight is 152 g/mol. The Hall–Kier alpha value is 0.177. The first-order valence-corrected chi connectivity index (χ1v) is 5.58. The van der Waals surface area contributed by atoms with Crippen LogP contribution >= 0.6 is 0 Å². The summed E-state index contributed by atoms with van der Waals surface area (Å²) >= 11 is 0. The van der Waals surface area contributed by atoms with Gasteiger partial charge in [0.1, 0.15) is 0 Å². The molecule has 0 aliphatic rings. The van der Waals surface area contributed by atoms with E-state index in [1.807, 2.05) is 13.8 Å². The molecule has 0 heterocycles. The third-order valence-corrected chi connectivity index (χ3v) is 1.41. The molecule has 0 bridgehead atoms. The minimum absolute atomic E-state index is 0. The van der Waals surface area contributed by atoms with Crippen LogP contribution in [0.4, 0.5) is 0 Å². The summed E-state index contributed by atoms with van der Waals surface area (Å²) in [7, 11) is 1.11. The minimum atomic E-state index is -0.650. The largest absolute Gasteiger partial charge is 0.424 e. The fourth-order valence-corrected chi connectivity index (χ4v) is 0. The van der Waals surface area contributed by atoms with Crippen LogP contribution in [0.15, 0.2) is 0 Å². The van der Waals surface area contributed by atoms with E-state index in [9.17, 15) is 0 Å². The van der Waals surface area contributed by atoms with Crippen LogP contribution in [0, 0.1) is 0 Å². The van der Waals surface area contributed by atoms with Gasteiger partial charge in [0.25, 0.3) is 0 Å². The molecule has 0 radical (unpaired) electrons. The van der Waals surface area contributed by atoms with Crippen molar-refractivity contribution >= 4 is 9.04 Å². The maximum Gasteiger partial charge on any atom is 0.170 e. The fourth-order valence-electron chi connectivity index (χ4n) is 0. The van der Waals surface area contributed by atoms with Crippen LogP contribution in [-0.2, 0) is 4.43 Å². The number of hydrogen-bond acceptors (Lipinski definition) is 1. The van der Waals surface area contributed by atoms with Crippen LogP contribution in [0.1, 0.15) is 28.7 Å². The maximum absolute atomic E-state index is 4.89. The highest BCUT2D eigenvalue weighted by Crippen LogP contribution is 1.73. The maximum atomic E-state index is 4.89. The Kier molecular flexibility index (Phi) is 61.4. The van der Waals surface area contributed by atoms with Crippen molar-refractivity contribution < 1.29 is 4.43 Å². The molecule has 0 unspecified atom stereocenters. The van der Waals surface area contributed by atoms with Crippen molar-refractivity contribution in [3.63, 3.8) is 0 Å². The van der Waals surface area contributed by atoms with Crippen LogP contribution in [0.3, 0.4) is 0 Å². The van der Waals surface area contributed by atoms with E-state index in [-0.39, 0.29) is 14.9 Å². The predicted octanol–water partition coefficient (Wildman–Crippen LogP) is 2.91. The molecule has 0 aromatic carbocycles. The average Bonchev–Trinajstić information content (AvgIpc) is 1.73. The van der Waals surface area contributed by atoms with Crippen LogP contribution in [0.25, 0.3) is 0 Å². The molecule has 0 N–H and O–H groups in total. The van der Waals surface area contributed by atoms with Gasteiger partial charge in [0.2, 0.25) is 0 Å². The monoisotopic (exact) mass is 152 g/mol. The molecule has 0 fully saturated rings. The van der Waals surface area contributed by atoms with Crippen molar-refractivity contribution in [3.8, 4) is 0 Å². The lowest BCUT2D eigenvalue weighted by molar-refractivity contribution is 0.430. The van der Waals surface area contributed by atoms with Crippen LogP contribution in [-0.4, -0.2) is 16.2 Å². The van der Waals surface area contributed by atoms with Gasteiger partial charge in [-0.25, -0.2) is 0 Å². The Morgan fingerprint density at radius 3 is 1.11 bits per heavy atom. The van der Waals surface area contributed by atoms with Gasteiger partial charge in [-0.1, -0.05) is 28.7 Å². The Balaban J connectivity index is -0.0000000286. The van der Waals surface area contributed by atoms with E-state index >= 15 is 0 Å². The van der Waals surface area contributed by atoms with Gasteiger partial charge >= 0.3 is 0 Å². The Morgan fingerprint density at radius 1 is 1.00 bits per heavy atom. The summed E-state index contributed by atoms with van der Waals surface area (Å²) < 4.78 is 4.89. The zero-order valence-corrected chi connectivity index (χ0v) is 7.14. The smallest absolute Gasteiger partial charge is 0.170 e. The predicted molar refractivity (Wildman–Crippen MR) is 50.7 cm³/mol. The zero-order valence-electron chi connectivity index (χ0n) is 5.99. The van der Waals surface area contributed by atoms with Crippen LogP contribution < -0.4 is 0 Å². The topological polar surface area (TPSA) is 9.23 Å². The second kappa shape index (κ2) is 24.1. The SMILES string of the molecule is C.C.CC.CO[SiH](C)C. The number of rotatable bonds is 1. The molecule has 0 spiro atoms. The van der Waals surface area contributed by atoms with E-state index < -0.39 is 9.04 Å². The Labute approximate surface area is 63.2 Å². The molecule has 2 heteroatoms. The highest BCUT2D eigenvalue weighted by atomic mass is 28.3. The van der Waals surface area contributed by atoms with Gasteiger partial charge in [0.15, 0.2) is 9.04 Å². The van der Waals surface area contributed by atoms with Gasteiger partial charge in [0.05, 0.1) is 0 Å². The highest BCUT2D eigenvalue weighted by molar-refractivity contribution is 6.48. The molecule has 9 heavy (non-hydrogen) atoms. The molecular formula is C7H24OSi. The summed E-state index contributed by atoms with van der Waals surface area (Å²) in [4.78, 5) is 0. The van der Waals surface area contributed by atoms with Crippen LogP contribution in [0.5, 0.6) is 0 Å². The Morgan fingerprint density at radius 2 is 1.11 bits per heavy atom. The normalized spacial score (nSPS) is 6.00. The third-order valence-electron chi connectivity index (χ3n) is 0.471. The molecule has 0 rings (SSSR count). The van der Waals surface area contributed by atoms with E-state index in [4.69, 9.17) is 4.43 Å². The number of hydrogen-bond donors (Lipinski definition) is 0. The minimum Gasteiger partial charge on any atom is -0.424 e. The molecule has 0 amide bonds. The lowest BCUT2D eigenvalue weighted by Crippen LogP contribution is -2.00. The first kappa shape index (κ1) is 22.9. The molecule has 0 aromatic rings. The van der Waals surface area contributed by atoms with Gasteiger partial charge in [-0.15, -0.1) is 0 Å². The van der Waals surface area contributed by atoms with Gasteiger partial charge < -0.3 is 4.43 Å². The Bertz CT molecular complexity index is 22.9. The molecule has 62 valence electrons. The standard InChI is InChI=1S/C3H10OSi.C2H6.2CH4/c1-4-5(2)3;1-2;;/h5H,1-3H3;1-2H3;2*1H4. The van der Waals surface area contributed by atoms with Gasteiger partial charge in [-0.05, 0) is 13.1 Å². The molecule has 0 saturated carbocycles. The van der Waals surface area contributed by atoms with E-state index in [1.54, 1.807) is 7.11 Å². The molecule has 0 aromatic heterocycles. The summed E-state index contributed by atoms with van der Waals surface area (Å²) in [5.41, 5.74) is 0. The lowest BCUT2D eigenvalue weighted by atomic mass is 11.0. The van der Waals surface area contributed by atoms with Crippen molar-refractivity contribution in [1.29, 1.82) is 0 Å². The summed E-state index contributed by atoms with van der Waals surface area (Å²) in [5, 5.41) is 0. The molecular weight excluding hydrogens is 128 g/mol. The van der Waals surface area contributed by atoms with Gasteiger partial charge in [-0.2, -0.15) is 0 Å². The first-order chi connectivity index (χ1) is 3.27. The lowest BCUT2D eigenvalue weighted by Gasteiger charge is -1.92. The molecule has 0 saturated heterocycles. The summed E-state index contributed by atoms with van der Waals surface area (Å²) in [6.45, 7) is 8.28. The molecule has 1 nitrogen and oxygen atoms in total. The molecule has 0 aliphatic carbocycles. The van der Waals surface area contributed by atoms with E-state index in [0.717, 1.165) is 0 Å². The summed E-state index contributed by atoms with van der Waals surface area (Å²) in [6, 6.07) is 0. The van der Waals surface area contributed by atoms with Gasteiger partial charge in [-0.3, -0.25) is 0 Å². The molecule has 0 atom stereocenters. The zero-order chi connectivity index (χ0) is 6.28. The highest BCUT2D eigenvalue weighted by Gasteiger charge is 1.83.